The summed E-state index contributed by atoms with van der Waals surface area (Å²) >= 11 is 0. The van der Waals surface area contributed by atoms with E-state index in [4.69, 9.17) is 9.47 Å². The molecule has 0 aliphatic heterocycles. The van der Waals surface area contributed by atoms with Crippen LogP contribution in [0.1, 0.15) is 33.9 Å². The lowest BCUT2D eigenvalue weighted by atomic mass is 10.2. The molecule has 3 aromatic rings. The van der Waals surface area contributed by atoms with Crippen LogP contribution in [-0.2, 0) is 0 Å². The van der Waals surface area contributed by atoms with Crippen molar-refractivity contribution in [2.45, 2.75) is 18.9 Å². The van der Waals surface area contributed by atoms with Crippen molar-refractivity contribution in [2.75, 3.05) is 19.5 Å². The van der Waals surface area contributed by atoms with Crippen LogP contribution >= 0.6 is 0 Å². The van der Waals surface area contributed by atoms with Crippen LogP contribution in [0.3, 0.4) is 0 Å². The third-order valence-electron chi connectivity index (χ3n) is 4.52. The molecular formula is C20H20N4O4. The lowest BCUT2D eigenvalue weighted by molar-refractivity contribution is 0.0940. The normalized spacial score (nSPS) is 13.2. The summed E-state index contributed by atoms with van der Waals surface area (Å²) in [6.45, 7) is 0. The van der Waals surface area contributed by atoms with Gasteiger partial charge in [-0.2, -0.15) is 0 Å². The van der Waals surface area contributed by atoms with Gasteiger partial charge in [0.05, 0.1) is 19.7 Å². The number of amides is 2. The Labute approximate surface area is 161 Å². The van der Waals surface area contributed by atoms with E-state index in [1.807, 2.05) is 0 Å². The molecule has 8 nitrogen and oxygen atoms in total. The molecule has 0 bridgehead atoms. The fraction of sp³-hybridized carbons (Fsp3) is 0.250. The summed E-state index contributed by atoms with van der Waals surface area (Å²) in [4.78, 5) is 29.7. The highest BCUT2D eigenvalue weighted by Gasteiger charge is 2.27. The molecule has 0 radical (unpaired) electrons. The zero-order chi connectivity index (χ0) is 19.7. The number of aromatic nitrogens is 2. The first-order valence-corrected chi connectivity index (χ1v) is 8.92. The molecule has 2 amide bonds. The molecule has 2 aromatic heterocycles. The van der Waals surface area contributed by atoms with E-state index in [-0.39, 0.29) is 23.5 Å². The summed E-state index contributed by atoms with van der Waals surface area (Å²) in [7, 11) is 3.07. The number of pyridine rings is 1. The first-order valence-electron chi connectivity index (χ1n) is 8.92. The lowest BCUT2D eigenvalue weighted by Crippen LogP contribution is -2.27. The first kappa shape index (κ1) is 17.8. The molecule has 2 heterocycles. The summed E-state index contributed by atoms with van der Waals surface area (Å²) in [6, 6.07) is 10.6. The number of benzene rings is 1. The van der Waals surface area contributed by atoms with Gasteiger partial charge >= 0.3 is 0 Å². The Morgan fingerprint density at radius 3 is 2.57 bits per heavy atom. The van der Waals surface area contributed by atoms with E-state index in [9.17, 15) is 9.59 Å². The van der Waals surface area contributed by atoms with E-state index in [0.717, 1.165) is 12.8 Å². The molecule has 4 rings (SSSR count). The van der Waals surface area contributed by atoms with Crippen LogP contribution in [0.4, 0.5) is 5.69 Å². The number of methoxy groups -OCH3 is 2. The number of nitrogens with one attached hydrogen (secondary N) is 2. The van der Waals surface area contributed by atoms with Crippen LogP contribution in [0, 0.1) is 0 Å². The summed E-state index contributed by atoms with van der Waals surface area (Å²) in [5.74, 6) is 0.557. The molecule has 0 unspecified atom stereocenters. The van der Waals surface area contributed by atoms with Gasteiger partial charge in [0.2, 0.25) is 5.82 Å². The second kappa shape index (κ2) is 7.22. The number of nitrogens with zero attached hydrogens (tertiary/aromatic N) is 2. The van der Waals surface area contributed by atoms with E-state index in [2.05, 4.69) is 15.6 Å². The zero-order valence-electron chi connectivity index (χ0n) is 15.6. The minimum Gasteiger partial charge on any atom is -0.493 e. The van der Waals surface area contributed by atoms with E-state index < -0.39 is 5.91 Å². The van der Waals surface area contributed by atoms with Crippen LogP contribution < -0.4 is 20.1 Å². The van der Waals surface area contributed by atoms with Crippen LogP contribution in [0.25, 0.3) is 5.52 Å². The van der Waals surface area contributed by atoms with E-state index in [1.165, 1.54) is 7.11 Å². The lowest BCUT2D eigenvalue weighted by Gasteiger charge is -2.10. The predicted octanol–water partition coefficient (Wildman–Crippen LogP) is 2.50. The molecule has 0 atom stereocenters. The minimum absolute atomic E-state index is 0.177. The summed E-state index contributed by atoms with van der Waals surface area (Å²) < 4.78 is 12.1. The van der Waals surface area contributed by atoms with Crippen molar-refractivity contribution in [3.8, 4) is 11.5 Å². The van der Waals surface area contributed by atoms with Crippen LogP contribution in [0.2, 0.25) is 0 Å². The predicted molar refractivity (Wildman–Crippen MR) is 103 cm³/mol. The van der Waals surface area contributed by atoms with Crippen LogP contribution in [-0.4, -0.2) is 41.5 Å². The summed E-state index contributed by atoms with van der Waals surface area (Å²) in [5, 5.41) is 5.71. The fourth-order valence-electron chi connectivity index (χ4n) is 2.95. The molecule has 1 fully saturated rings. The average molecular weight is 380 g/mol. The van der Waals surface area contributed by atoms with Gasteiger partial charge in [0.25, 0.3) is 11.8 Å². The van der Waals surface area contributed by atoms with Crippen LogP contribution in [0.5, 0.6) is 11.5 Å². The van der Waals surface area contributed by atoms with Crippen molar-refractivity contribution in [1.29, 1.82) is 0 Å². The van der Waals surface area contributed by atoms with Crippen molar-refractivity contribution in [1.82, 2.24) is 14.7 Å². The maximum Gasteiger partial charge on any atom is 0.287 e. The molecule has 0 saturated heterocycles. The number of imidazole rings is 1. The van der Waals surface area contributed by atoms with Gasteiger partial charge in [-0.1, -0.05) is 6.07 Å². The van der Waals surface area contributed by atoms with Gasteiger partial charge in [-0.3, -0.25) is 14.0 Å². The van der Waals surface area contributed by atoms with Gasteiger partial charge < -0.3 is 20.1 Å². The number of fused-ring (bicyclic) bond motifs is 1. The van der Waals surface area contributed by atoms with E-state index in [1.54, 1.807) is 54.1 Å². The Morgan fingerprint density at radius 2 is 1.86 bits per heavy atom. The van der Waals surface area contributed by atoms with Gasteiger partial charge in [-0.25, -0.2) is 4.98 Å². The third-order valence-corrected chi connectivity index (χ3v) is 4.52. The van der Waals surface area contributed by atoms with E-state index >= 15 is 0 Å². The maximum atomic E-state index is 12.9. The number of anilines is 1. The van der Waals surface area contributed by atoms with Crippen molar-refractivity contribution in [2.24, 2.45) is 0 Å². The highest BCUT2D eigenvalue weighted by Crippen LogP contribution is 2.30. The summed E-state index contributed by atoms with van der Waals surface area (Å²) in [6.07, 6.45) is 3.67. The number of carbonyl (C=O) groups excluding carboxylic acids is 2. The average Bonchev–Trinajstić information content (AvgIpc) is 3.44. The van der Waals surface area contributed by atoms with Gasteiger partial charge in [0, 0.05) is 24.0 Å². The Kier molecular flexibility index (Phi) is 4.60. The largest absolute Gasteiger partial charge is 0.493 e. The standard InChI is InChI=1S/C20H20N4O4/c1-27-15-9-8-13(11-16(15)28-2)22-19(25)17-14-5-3-4-10-24(14)18(23-17)20(26)21-12-6-7-12/h3-5,8-12H,6-7H2,1-2H3,(H,21,26)(H,22,25). The molecule has 28 heavy (non-hydrogen) atoms. The molecule has 1 aliphatic carbocycles. The Hall–Kier alpha value is -3.55. The highest BCUT2D eigenvalue weighted by molar-refractivity contribution is 6.09. The molecule has 144 valence electrons. The van der Waals surface area contributed by atoms with Gasteiger partial charge in [-0.15, -0.1) is 0 Å². The van der Waals surface area contributed by atoms with Gasteiger partial charge in [-0.05, 0) is 37.1 Å². The molecule has 1 aliphatic rings. The fourth-order valence-corrected chi connectivity index (χ4v) is 2.95. The van der Waals surface area contributed by atoms with E-state index in [0.29, 0.717) is 22.7 Å². The second-order valence-corrected chi connectivity index (χ2v) is 6.51. The Bertz CT molecular complexity index is 1060. The number of hydrogen-bond acceptors (Lipinski definition) is 5. The zero-order valence-corrected chi connectivity index (χ0v) is 15.6. The number of hydrogen-bond donors (Lipinski definition) is 2. The van der Waals surface area contributed by atoms with Crippen molar-refractivity contribution >= 4 is 23.0 Å². The summed E-state index contributed by atoms with van der Waals surface area (Å²) in [5.41, 5.74) is 1.27. The molecule has 1 aromatic carbocycles. The molecule has 8 heteroatoms. The number of carbonyl (C=O) groups is 2. The second-order valence-electron chi connectivity index (χ2n) is 6.51. The minimum atomic E-state index is -0.415. The Balaban J connectivity index is 1.65. The quantitative estimate of drug-likeness (QED) is 0.685. The molecular weight excluding hydrogens is 360 g/mol. The Morgan fingerprint density at radius 1 is 1.07 bits per heavy atom. The topological polar surface area (TPSA) is 94.0 Å². The van der Waals surface area contributed by atoms with Gasteiger partial charge in [0.15, 0.2) is 17.2 Å². The highest BCUT2D eigenvalue weighted by atomic mass is 16.5. The SMILES string of the molecule is COc1ccc(NC(=O)c2nc(C(=O)NC3CC3)n3ccccc23)cc1OC. The maximum absolute atomic E-state index is 12.9. The van der Waals surface area contributed by atoms with Gasteiger partial charge in [0.1, 0.15) is 0 Å². The number of ether oxygens (including phenoxy) is 2. The van der Waals surface area contributed by atoms with Crippen LogP contribution in [0.15, 0.2) is 42.6 Å². The smallest absolute Gasteiger partial charge is 0.287 e. The van der Waals surface area contributed by atoms with Crippen molar-refractivity contribution in [3.05, 3.63) is 54.1 Å². The van der Waals surface area contributed by atoms with Crippen molar-refractivity contribution in [3.63, 3.8) is 0 Å². The monoisotopic (exact) mass is 380 g/mol. The molecule has 0 spiro atoms. The number of rotatable bonds is 6. The third kappa shape index (κ3) is 3.36. The molecule has 1 saturated carbocycles. The van der Waals surface area contributed by atoms with Crippen molar-refractivity contribution < 1.29 is 19.1 Å². The first-order chi connectivity index (χ1) is 13.6. The molecule has 2 N–H and O–H groups in total.